The second kappa shape index (κ2) is 8.62. The first-order valence-corrected chi connectivity index (χ1v) is 9.39. The first-order chi connectivity index (χ1) is 13.5. The Morgan fingerprint density at radius 2 is 2.00 bits per heavy atom. The van der Waals surface area contributed by atoms with Gasteiger partial charge in [0, 0.05) is 16.5 Å². The van der Waals surface area contributed by atoms with Gasteiger partial charge in [0.15, 0.2) is 0 Å². The summed E-state index contributed by atoms with van der Waals surface area (Å²) in [5, 5.41) is 6.66. The van der Waals surface area contributed by atoms with Gasteiger partial charge in [0.05, 0.1) is 29.8 Å². The summed E-state index contributed by atoms with van der Waals surface area (Å²) >= 11 is 1.47. The second-order valence-electron chi connectivity index (χ2n) is 5.95. The summed E-state index contributed by atoms with van der Waals surface area (Å²) in [4.78, 5) is 25.1. The van der Waals surface area contributed by atoms with Crippen molar-refractivity contribution in [3.8, 4) is 5.75 Å². The number of nitrogens with two attached hydrogens (primary N) is 1. The van der Waals surface area contributed by atoms with Crippen molar-refractivity contribution in [3.63, 3.8) is 0 Å². The maximum Gasteiger partial charge on any atom is 0.256 e. The molecule has 3 rings (SSSR count). The lowest BCUT2D eigenvalue weighted by Crippen LogP contribution is -2.16. The maximum absolute atomic E-state index is 12.9. The molecular weight excluding hydrogens is 378 g/mol. The molecule has 7 nitrogen and oxygen atoms in total. The van der Waals surface area contributed by atoms with Crippen molar-refractivity contribution in [2.24, 2.45) is 5.73 Å². The Kier molecular flexibility index (Phi) is 6.00. The molecule has 1 heterocycles. The molecule has 0 unspecified atom stereocenters. The molecule has 0 aliphatic carbocycles. The van der Waals surface area contributed by atoms with Gasteiger partial charge in [0.2, 0.25) is 5.91 Å². The molecule has 0 spiro atoms. The number of methoxy groups -OCH3 is 1. The zero-order valence-corrected chi connectivity index (χ0v) is 16.2. The van der Waals surface area contributed by atoms with E-state index < -0.39 is 5.91 Å². The summed E-state index contributed by atoms with van der Waals surface area (Å²) in [5.41, 5.74) is 7.28. The van der Waals surface area contributed by atoms with Crippen LogP contribution in [0.4, 0.5) is 5.69 Å². The number of amides is 2. The Balaban J connectivity index is 1.81. The first-order valence-electron chi connectivity index (χ1n) is 8.41. The van der Waals surface area contributed by atoms with E-state index in [2.05, 4.69) is 10.5 Å². The first kappa shape index (κ1) is 19.5. The molecule has 0 saturated carbocycles. The van der Waals surface area contributed by atoms with E-state index in [1.807, 2.05) is 25.1 Å². The molecule has 0 atom stereocenters. The number of primary amides is 1. The smallest absolute Gasteiger partial charge is 0.256 e. The average molecular weight is 397 g/mol. The summed E-state index contributed by atoms with van der Waals surface area (Å²) in [7, 11) is 1.48. The van der Waals surface area contributed by atoms with Gasteiger partial charge < -0.3 is 20.3 Å². The Bertz CT molecular complexity index is 1020. The van der Waals surface area contributed by atoms with Crippen LogP contribution in [-0.2, 0) is 5.75 Å². The predicted molar refractivity (Wildman–Crippen MR) is 107 cm³/mol. The van der Waals surface area contributed by atoms with Gasteiger partial charge in [0.1, 0.15) is 11.5 Å². The number of carbonyl (C=O) groups excluding carboxylic acids is 2. The lowest BCUT2D eigenvalue weighted by molar-refractivity contribution is 0.0995. The third-order valence-electron chi connectivity index (χ3n) is 3.91. The number of aryl methyl sites for hydroxylation is 1. The molecule has 1 aromatic heterocycles. The van der Waals surface area contributed by atoms with E-state index in [0.29, 0.717) is 22.8 Å². The minimum Gasteiger partial charge on any atom is -0.495 e. The number of thioether (sulfide) groups is 1. The minimum atomic E-state index is -0.587. The number of nitrogens with one attached hydrogen (secondary N) is 1. The number of anilines is 1. The Morgan fingerprint density at radius 3 is 2.68 bits per heavy atom. The van der Waals surface area contributed by atoms with Crippen molar-refractivity contribution in [1.29, 1.82) is 0 Å². The van der Waals surface area contributed by atoms with Crippen LogP contribution in [-0.4, -0.2) is 24.1 Å². The van der Waals surface area contributed by atoms with Gasteiger partial charge in [-0.25, -0.2) is 0 Å². The van der Waals surface area contributed by atoms with Crippen LogP contribution in [0.15, 0.2) is 57.9 Å². The minimum absolute atomic E-state index is 0.277. The van der Waals surface area contributed by atoms with Crippen molar-refractivity contribution in [3.05, 3.63) is 71.1 Å². The van der Waals surface area contributed by atoms with Crippen LogP contribution in [0, 0.1) is 6.92 Å². The lowest BCUT2D eigenvalue weighted by atomic mass is 10.1. The Hall–Kier alpha value is -3.26. The zero-order valence-electron chi connectivity index (χ0n) is 15.4. The monoisotopic (exact) mass is 397 g/mol. The fourth-order valence-corrected chi connectivity index (χ4v) is 3.49. The molecule has 0 saturated heterocycles. The summed E-state index contributed by atoms with van der Waals surface area (Å²) in [5.74, 6) is 0.799. The number of hydrogen-bond acceptors (Lipinski definition) is 6. The van der Waals surface area contributed by atoms with Crippen LogP contribution in [0.5, 0.6) is 5.75 Å². The van der Waals surface area contributed by atoms with Gasteiger partial charge in [-0.3, -0.25) is 9.59 Å². The zero-order chi connectivity index (χ0) is 20.1. The van der Waals surface area contributed by atoms with Crippen LogP contribution in [0.1, 0.15) is 32.2 Å². The standard InChI is InChI=1S/C20H19N3O4S/c1-12-9-14(27-23-12)11-28-18-6-4-3-5-15(18)20(25)22-16-10-13(19(21)24)7-8-17(16)26-2/h3-10H,11H2,1-2H3,(H2,21,24)(H,22,25). The van der Waals surface area contributed by atoms with E-state index in [1.165, 1.54) is 24.9 Å². The van der Waals surface area contributed by atoms with E-state index in [1.54, 1.807) is 24.3 Å². The van der Waals surface area contributed by atoms with E-state index in [4.69, 9.17) is 15.0 Å². The summed E-state index contributed by atoms with van der Waals surface area (Å²) < 4.78 is 10.5. The summed E-state index contributed by atoms with van der Waals surface area (Å²) in [6.07, 6.45) is 0. The number of aromatic nitrogens is 1. The van der Waals surface area contributed by atoms with Gasteiger partial charge in [-0.1, -0.05) is 17.3 Å². The topological polar surface area (TPSA) is 107 Å². The number of hydrogen-bond donors (Lipinski definition) is 2. The van der Waals surface area contributed by atoms with Crippen LogP contribution in [0.3, 0.4) is 0 Å². The van der Waals surface area contributed by atoms with Gasteiger partial charge in [-0.2, -0.15) is 0 Å². The van der Waals surface area contributed by atoms with Crippen molar-refractivity contribution in [2.45, 2.75) is 17.6 Å². The fourth-order valence-electron chi connectivity index (χ4n) is 2.56. The molecule has 0 bridgehead atoms. The summed E-state index contributed by atoms with van der Waals surface area (Å²) in [6.45, 7) is 1.85. The van der Waals surface area contributed by atoms with Gasteiger partial charge >= 0.3 is 0 Å². The summed E-state index contributed by atoms with van der Waals surface area (Å²) in [6, 6.07) is 13.7. The molecule has 144 valence electrons. The third kappa shape index (κ3) is 4.52. The van der Waals surface area contributed by atoms with Crippen LogP contribution < -0.4 is 15.8 Å². The Morgan fingerprint density at radius 1 is 1.21 bits per heavy atom. The largest absolute Gasteiger partial charge is 0.495 e. The van der Waals surface area contributed by atoms with E-state index in [0.717, 1.165) is 16.3 Å². The lowest BCUT2D eigenvalue weighted by Gasteiger charge is -2.13. The Labute approximate surface area is 166 Å². The maximum atomic E-state index is 12.9. The molecular formula is C20H19N3O4S. The number of benzene rings is 2. The van der Waals surface area contributed by atoms with Crippen LogP contribution in [0.25, 0.3) is 0 Å². The van der Waals surface area contributed by atoms with E-state index >= 15 is 0 Å². The fraction of sp³-hybridized carbons (Fsp3) is 0.150. The number of nitrogens with zero attached hydrogens (tertiary/aromatic N) is 1. The van der Waals surface area contributed by atoms with Crippen molar-refractivity contribution < 1.29 is 18.8 Å². The van der Waals surface area contributed by atoms with E-state index in [9.17, 15) is 9.59 Å². The van der Waals surface area contributed by atoms with Gasteiger partial charge in [-0.05, 0) is 37.3 Å². The normalized spacial score (nSPS) is 10.5. The van der Waals surface area contributed by atoms with Gasteiger partial charge in [-0.15, -0.1) is 11.8 Å². The van der Waals surface area contributed by atoms with Crippen molar-refractivity contribution in [1.82, 2.24) is 5.16 Å². The molecule has 3 N–H and O–H groups in total. The predicted octanol–water partition coefficient (Wildman–Crippen LogP) is 3.64. The number of carbonyl (C=O) groups is 2. The van der Waals surface area contributed by atoms with Crippen molar-refractivity contribution in [2.75, 3.05) is 12.4 Å². The second-order valence-corrected chi connectivity index (χ2v) is 6.97. The SMILES string of the molecule is COc1ccc(C(N)=O)cc1NC(=O)c1ccccc1SCc1cc(C)no1. The molecule has 0 radical (unpaired) electrons. The third-order valence-corrected chi connectivity index (χ3v) is 5.01. The highest BCUT2D eigenvalue weighted by Gasteiger charge is 2.16. The van der Waals surface area contributed by atoms with Crippen LogP contribution >= 0.6 is 11.8 Å². The van der Waals surface area contributed by atoms with Crippen LogP contribution in [0.2, 0.25) is 0 Å². The molecule has 8 heteroatoms. The molecule has 3 aromatic rings. The quantitative estimate of drug-likeness (QED) is 0.590. The average Bonchev–Trinajstić information content (AvgIpc) is 3.11. The highest BCUT2D eigenvalue weighted by Crippen LogP contribution is 2.29. The molecule has 0 aliphatic heterocycles. The number of ether oxygens (including phenoxy) is 1. The highest BCUT2D eigenvalue weighted by molar-refractivity contribution is 7.98. The molecule has 0 fully saturated rings. The molecule has 28 heavy (non-hydrogen) atoms. The highest BCUT2D eigenvalue weighted by atomic mass is 32.2. The van der Waals surface area contributed by atoms with Crippen molar-refractivity contribution >= 4 is 29.3 Å². The van der Waals surface area contributed by atoms with E-state index in [-0.39, 0.29) is 11.5 Å². The molecule has 2 aromatic carbocycles. The molecule has 2 amide bonds. The molecule has 0 aliphatic rings. The van der Waals surface area contributed by atoms with Gasteiger partial charge in [0.25, 0.3) is 5.91 Å². The number of rotatable bonds is 7.